The first-order chi connectivity index (χ1) is 16.7. The van der Waals surface area contributed by atoms with Crippen molar-refractivity contribution in [3.63, 3.8) is 0 Å². The summed E-state index contributed by atoms with van der Waals surface area (Å²) in [4.78, 5) is 15.4. The number of hydrogen-bond donors (Lipinski definition) is 2. The minimum absolute atomic E-state index is 0.00782. The van der Waals surface area contributed by atoms with E-state index in [4.69, 9.17) is 9.47 Å². The highest BCUT2D eigenvalue weighted by Gasteiger charge is 2.32. The van der Waals surface area contributed by atoms with Crippen molar-refractivity contribution in [3.8, 4) is 0 Å². The third-order valence-corrected chi connectivity index (χ3v) is 7.40. The van der Waals surface area contributed by atoms with Crippen LogP contribution >= 0.6 is 0 Å². The summed E-state index contributed by atoms with van der Waals surface area (Å²) in [5.41, 5.74) is 1.20. The van der Waals surface area contributed by atoms with Crippen LogP contribution in [0.4, 0.5) is 4.79 Å². The molecule has 1 saturated heterocycles. The van der Waals surface area contributed by atoms with Crippen LogP contribution in [0.15, 0.2) is 30.3 Å². The summed E-state index contributed by atoms with van der Waals surface area (Å²) in [5, 5.41) is 6.86. The number of carbonyl (C=O) groups excluding carboxylic acids is 1. The van der Waals surface area contributed by atoms with Crippen LogP contribution < -0.4 is 10.6 Å². The van der Waals surface area contributed by atoms with Crippen molar-refractivity contribution in [3.05, 3.63) is 35.9 Å². The quantitative estimate of drug-likeness (QED) is 0.389. The molecular weight excluding hydrogens is 426 g/mol. The first kappa shape index (κ1) is 27.0. The maximum absolute atomic E-state index is 13.3. The van der Waals surface area contributed by atoms with Crippen LogP contribution in [0.1, 0.15) is 76.4 Å². The van der Waals surface area contributed by atoms with Gasteiger partial charge in [0.2, 0.25) is 0 Å². The van der Waals surface area contributed by atoms with E-state index in [1.807, 2.05) is 11.0 Å². The van der Waals surface area contributed by atoms with E-state index in [2.05, 4.69) is 41.8 Å². The summed E-state index contributed by atoms with van der Waals surface area (Å²) in [6.45, 7) is 6.85. The van der Waals surface area contributed by atoms with Crippen LogP contribution in [0.3, 0.4) is 0 Å². The van der Waals surface area contributed by atoms with E-state index < -0.39 is 0 Å². The van der Waals surface area contributed by atoms with E-state index in [0.717, 1.165) is 57.8 Å². The minimum atomic E-state index is 0.00782. The van der Waals surface area contributed by atoms with E-state index in [9.17, 15) is 4.79 Å². The van der Waals surface area contributed by atoms with E-state index in [0.29, 0.717) is 19.1 Å². The molecule has 1 aliphatic carbocycles. The van der Waals surface area contributed by atoms with Gasteiger partial charge in [-0.1, -0.05) is 69.4 Å². The lowest BCUT2D eigenvalue weighted by Crippen LogP contribution is -2.52. The number of likely N-dealkylation sites (tertiary alicyclic amines) is 1. The van der Waals surface area contributed by atoms with Gasteiger partial charge >= 0.3 is 6.03 Å². The molecule has 6 nitrogen and oxygen atoms in total. The van der Waals surface area contributed by atoms with Gasteiger partial charge in [-0.2, -0.15) is 0 Å². The van der Waals surface area contributed by atoms with Crippen molar-refractivity contribution in [1.29, 1.82) is 0 Å². The van der Waals surface area contributed by atoms with Crippen LogP contribution in [-0.4, -0.2) is 63.5 Å². The standard InChI is InChI=1S/C28H47N3O3/c1-3-29-21-26(20-23-12-6-4-7-13-23)30-28(32)31-17-10-16-25(22-31)27(34-19-11-18-33-2)24-14-8-5-9-15-24/h5,8-9,14-15,23,25-27,29H,3-4,6-7,10-13,16-22H2,1-2H3,(H,30,32)/t25-,26?,27+/m1/s1. The van der Waals surface area contributed by atoms with Gasteiger partial charge < -0.3 is 25.0 Å². The molecule has 1 saturated carbocycles. The number of benzene rings is 1. The zero-order valence-corrected chi connectivity index (χ0v) is 21.5. The second-order valence-electron chi connectivity index (χ2n) is 10.1. The molecule has 0 aromatic heterocycles. The Bertz CT molecular complexity index is 681. The highest BCUT2D eigenvalue weighted by atomic mass is 16.5. The molecule has 2 N–H and O–H groups in total. The Hall–Kier alpha value is -1.63. The molecule has 2 amide bonds. The Balaban J connectivity index is 1.60. The Morgan fingerprint density at radius 3 is 2.62 bits per heavy atom. The van der Waals surface area contributed by atoms with Crippen molar-refractivity contribution in [1.82, 2.24) is 15.5 Å². The predicted octanol–water partition coefficient (Wildman–Crippen LogP) is 5.15. The molecule has 2 fully saturated rings. The molecule has 6 heteroatoms. The number of ether oxygens (including phenoxy) is 2. The van der Waals surface area contributed by atoms with Crippen LogP contribution in [0.2, 0.25) is 0 Å². The van der Waals surface area contributed by atoms with Crippen molar-refractivity contribution in [2.45, 2.75) is 76.9 Å². The fraction of sp³-hybridized carbons (Fsp3) is 0.750. The van der Waals surface area contributed by atoms with Gasteiger partial charge in [0.1, 0.15) is 0 Å². The summed E-state index contributed by atoms with van der Waals surface area (Å²) in [6, 6.07) is 10.8. The van der Waals surface area contributed by atoms with E-state index in [1.165, 1.54) is 37.7 Å². The van der Waals surface area contributed by atoms with Crippen molar-refractivity contribution < 1.29 is 14.3 Å². The number of nitrogens with one attached hydrogen (secondary N) is 2. The maximum atomic E-state index is 13.3. The largest absolute Gasteiger partial charge is 0.385 e. The predicted molar refractivity (Wildman–Crippen MR) is 138 cm³/mol. The number of rotatable bonds is 13. The summed E-state index contributed by atoms with van der Waals surface area (Å²) < 4.78 is 11.6. The average molecular weight is 474 g/mol. The molecule has 3 atom stereocenters. The van der Waals surface area contributed by atoms with Crippen LogP contribution in [0.25, 0.3) is 0 Å². The Kier molecular flexibility index (Phi) is 12.2. The van der Waals surface area contributed by atoms with Crippen LogP contribution in [-0.2, 0) is 9.47 Å². The molecule has 1 unspecified atom stereocenters. The smallest absolute Gasteiger partial charge is 0.317 e. The van der Waals surface area contributed by atoms with Crippen molar-refractivity contribution >= 4 is 6.03 Å². The molecule has 1 heterocycles. The molecule has 0 radical (unpaired) electrons. The second kappa shape index (κ2) is 15.4. The van der Waals surface area contributed by atoms with Gasteiger partial charge in [0.05, 0.1) is 6.10 Å². The van der Waals surface area contributed by atoms with Gasteiger partial charge in [-0.05, 0) is 43.7 Å². The third-order valence-electron chi connectivity index (χ3n) is 7.40. The number of likely N-dealkylation sites (N-methyl/N-ethyl adjacent to an activating group) is 1. The lowest BCUT2D eigenvalue weighted by Gasteiger charge is -2.38. The van der Waals surface area contributed by atoms with Crippen LogP contribution in [0, 0.1) is 11.8 Å². The lowest BCUT2D eigenvalue weighted by molar-refractivity contribution is -0.0168. The molecule has 192 valence electrons. The summed E-state index contributed by atoms with van der Waals surface area (Å²) in [6.07, 6.45) is 10.7. The summed E-state index contributed by atoms with van der Waals surface area (Å²) >= 11 is 0. The van der Waals surface area contributed by atoms with Gasteiger partial charge in [-0.3, -0.25) is 0 Å². The molecule has 34 heavy (non-hydrogen) atoms. The van der Waals surface area contributed by atoms with Gasteiger partial charge in [-0.25, -0.2) is 4.79 Å². The molecule has 0 spiro atoms. The first-order valence-corrected chi connectivity index (χ1v) is 13.6. The highest BCUT2D eigenvalue weighted by Crippen LogP contribution is 2.33. The monoisotopic (exact) mass is 473 g/mol. The molecule has 3 rings (SSSR count). The fourth-order valence-electron chi connectivity index (χ4n) is 5.61. The SMILES string of the molecule is CCNCC(CC1CCCCC1)NC(=O)N1CCC[C@@H]([C@@H](OCCCOC)c2ccccc2)C1. The molecular formula is C28H47N3O3. The van der Waals surface area contributed by atoms with Crippen molar-refractivity contribution in [2.75, 3.05) is 46.5 Å². The minimum Gasteiger partial charge on any atom is -0.385 e. The Labute approximate surface area is 207 Å². The van der Waals surface area contributed by atoms with Gasteiger partial charge in [0, 0.05) is 51.9 Å². The summed E-state index contributed by atoms with van der Waals surface area (Å²) in [5.74, 6) is 1.05. The second-order valence-corrected chi connectivity index (χ2v) is 10.1. The zero-order chi connectivity index (χ0) is 24.0. The molecule has 1 aromatic rings. The maximum Gasteiger partial charge on any atom is 0.317 e. The van der Waals surface area contributed by atoms with Crippen LogP contribution in [0.5, 0.6) is 0 Å². The zero-order valence-electron chi connectivity index (χ0n) is 21.5. The normalized spacial score (nSPS) is 21.2. The van der Waals surface area contributed by atoms with Gasteiger partial charge in [-0.15, -0.1) is 0 Å². The molecule has 1 aliphatic heterocycles. The van der Waals surface area contributed by atoms with Gasteiger partial charge in [0.25, 0.3) is 0 Å². The number of carbonyl (C=O) groups is 1. The third kappa shape index (κ3) is 8.86. The number of piperidine rings is 1. The fourth-order valence-corrected chi connectivity index (χ4v) is 5.61. The topological polar surface area (TPSA) is 62.8 Å². The molecule has 2 aliphatic rings. The van der Waals surface area contributed by atoms with E-state index in [1.54, 1.807) is 7.11 Å². The number of hydrogen-bond acceptors (Lipinski definition) is 4. The Morgan fingerprint density at radius 2 is 1.88 bits per heavy atom. The molecule has 0 bridgehead atoms. The van der Waals surface area contributed by atoms with Crippen molar-refractivity contribution in [2.24, 2.45) is 11.8 Å². The highest BCUT2D eigenvalue weighted by molar-refractivity contribution is 5.74. The number of amides is 2. The van der Waals surface area contributed by atoms with E-state index in [-0.39, 0.29) is 18.2 Å². The summed E-state index contributed by atoms with van der Waals surface area (Å²) in [7, 11) is 1.73. The first-order valence-electron chi connectivity index (χ1n) is 13.6. The number of nitrogens with zero attached hydrogens (tertiary/aromatic N) is 1. The van der Waals surface area contributed by atoms with Gasteiger partial charge in [0.15, 0.2) is 0 Å². The van der Waals surface area contributed by atoms with E-state index >= 15 is 0 Å². The molecule has 1 aromatic carbocycles. The lowest BCUT2D eigenvalue weighted by atomic mass is 9.84. The number of urea groups is 1. The average Bonchev–Trinajstić information content (AvgIpc) is 2.88. The Morgan fingerprint density at radius 1 is 1.09 bits per heavy atom. The number of methoxy groups -OCH3 is 1.